The van der Waals surface area contributed by atoms with Crippen LogP contribution < -0.4 is 4.74 Å². The quantitative estimate of drug-likeness (QED) is 0.755. The number of nitrogens with zero attached hydrogens (tertiary/aromatic N) is 3. The SMILES string of the molecule is O=C(c1ccc(-c2cccc(O)c2)nc1)N1CCC(Oc2cccnc2)CC1. The fourth-order valence-electron chi connectivity index (χ4n) is 3.32. The molecule has 0 aliphatic carbocycles. The number of likely N-dealkylation sites (tertiary alicyclic amines) is 1. The summed E-state index contributed by atoms with van der Waals surface area (Å²) in [5.41, 5.74) is 2.10. The third-order valence-electron chi connectivity index (χ3n) is 4.82. The molecule has 4 rings (SSSR count). The number of carbonyl (C=O) groups excluding carboxylic acids is 1. The Bertz CT molecular complexity index is 937. The van der Waals surface area contributed by atoms with Gasteiger partial charge >= 0.3 is 0 Å². The van der Waals surface area contributed by atoms with Crippen LogP contribution in [-0.2, 0) is 0 Å². The molecule has 3 heterocycles. The molecule has 28 heavy (non-hydrogen) atoms. The van der Waals surface area contributed by atoms with Crippen LogP contribution in [0, 0.1) is 0 Å². The molecule has 1 aliphatic rings. The summed E-state index contributed by atoms with van der Waals surface area (Å²) in [6, 6.07) is 14.2. The van der Waals surface area contributed by atoms with Gasteiger partial charge in [0.1, 0.15) is 17.6 Å². The molecule has 0 radical (unpaired) electrons. The molecule has 2 aromatic heterocycles. The van der Waals surface area contributed by atoms with Gasteiger partial charge in [-0.05, 0) is 36.4 Å². The Labute approximate surface area is 163 Å². The number of ether oxygens (including phenoxy) is 1. The van der Waals surface area contributed by atoms with Crippen molar-refractivity contribution in [3.05, 3.63) is 72.7 Å². The molecule has 1 amide bonds. The van der Waals surface area contributed by atoms with E-state index in [2.05, 4.69) is 9.97 Å². The Morgan fingerprint density at radius 3 is 2.61 bits per heavy atom. The van der Waals surface area contributed by atoms with Gasteiger partial charge in [0.25, 0.3) is 5.91 Å². The lowest BCUT2D eigenvalue weighted by atomic mass is 10.1. The number of hydrogen-bond acceptors (Lipinski definition) is 5. The maximum atomic E-state index is 12.8. The standard InChI is InChI=1S/C22H21N3O3/c26-18-4-1-3-16(13-18)21-7-6-17(14-24-21)22(27)25-11-8-19(9-12-25)28-20-5-2-10-23-15-20/h1-7,10,13-15,19,26H,8-9,11-12H2. The smallest absolute Gasteiger partial charge is 0.255 e. The highest BCUT2D eigenvalue weighted by Gasteiger charge is 2.25. The minimum absolute atomic E-state index is 0.0187. The second-order valence-electron chi connectivity index (χ2n) is 6.78. The molecule has 1 N–H and O–H groups in total. The number of benzene rings is 1. The van der Waals surface area contributed by atoms with Crippen molar-refractivity contribution < 1.29 is 14.6 Å². The summed E-state index contributed by atoms with van der Waals surface area (Å²) >= 11 is 0. The molecule has 1 aliphatic heterocycles. The Kier molecular flexibility index (Phi) is 5.19. The van der Waals surface area contributed by atoms with Crippen LogP contribution >= 0.6 is 0 Å². The second kappa shape index (κ2) is 8.08. The lowest BCUT2D eigenvalue weighted by Gasteiger charge is -2.32. The number of pyridine rings is 2. The predicted molar refractivity (Wildman–Crippen MR) is 105 cm³/mol. The number of aromatic nitrogens is 2. The van der Waals surface area contributed by atoms with E-state index in [1.165, 1.54) is 0 Å². The normalized spacial score (nSPS) is 14.6. The number of phenolic OH excluding ortho intramolecular Hbond substituents is 1. The molecular weight excluding hydrogens is 354 g/mol. The first-order chi connectivity index (χ1) is 13.7. The van der Waals surface area contributed by atoms with Gasteiger partial charge in [-0.25, -0.2) is 0 Å². The van der Waals surface area contributed by atoms with E-state index < -0.39 is 0 Å². The zero-order valence-electron chi connectivity index (χ0n) is 15.4. The van der Waals surface area contributed by atoms with Gasteiger partial charge in [-0.15, -0.1) is 0 Å². The summed E-state index contributed by atoms with van der Waals surface area (Å²) in [6.07, 6.45) is 6.69. The van der Waals surface area contributed by atoms with E-state index in [9.17, 15) is 9.90 Å². The van der Waals surface area contributed by atoms with Crippen molar-refractivity contribution in [2.24, 2.45) is 0 Å². The topological polar surface area (TPSA) is 75.5 Å². The Morgan fingerprint density at radius 1 is 1.07 bits per heavy atom. The number of hydrogen-bond donors (Lipinski definition) is 1. The van der Waals surface area contributed by atoms with Crippen molar-refractivity contribution in [3.8, 4) is 22.8 Å². The van der Waals surface area contributed by atoms with Crippen LogP contribution in [0.15, 0.2) is 67.1 Å². The first-order valence-corrected chi connectivity index (χ1v) is 9.30. The maximum Gasteiger partial charge on any atom is 0.255 e. The summed E-state index contributed by atoms with van der Waals surface area (Å²) in [4.78, 5) is 23.0. The molecule has 0 bridgehead atoms. The van der Waals surface area contributed by atoms with Crippen LogP contribution in [-0.4, -0.2) is 45.1 Å². The lowest BCUT2D eigenvalue weighted by Crippen LogP contribution is -2.41. The Balaban J connectivity index is 1.36. The van der Waals surface area contributed by atoms with E-state index in [-0.39, 0.29) is 17.8 Å². The van der Waals surface area contributed by atoms with Gasteiger partial charge in [0, 0.05) is 43.9 Å². The zero-order chi connectivity index (χ0) is 19.3. The number of rotatable bonds is 4. The molecule has 0 atom stereocenters. The van der Waals surface area contributed by atoms with Crippen molar-refractivity contribution in [2.45, 2.75) is 18.9 Å². The van der Waals surface area contributed by atoms with Crippen molar-refractivity contribution in [1.29, 1.82) is 0 Å². The third-order valence-corrected chi connectivity index (χ3v) is 4.82. The second-order valence-corrected chi connectivity index (χ2v) is 6.78. The van der Waals surface area contributed by atoms with Crippen LogP contribution in [0.2, 0.25) is 0 Å². The predicted octanol–water partition coefficient (Wildman–Crippen LogP) is 3.53. The number of piperidine rings is 1. The van der Waals surface area contributed by atoms with Crippen LogP contribution in [0.3, 0.4) is 0 Å². The molecule has 0 unspecified atom stereocenters. The fourth-order valence-corrected chi connectivity index (χ4v) is 3.32. The summed E-state index contributed by atoms with van der Waals surface area (Å²) in [7, 11) is 0. The largest absolute Gasteiger partial charge is 0.508 e. The first kappa shape index (κ1) is 18.0. The van der Waals surface area contributed by atoms with Gasteiger partial charge in [-0.1, -0.05) is 12.1 Å². The van der Waals surface area contributed by atoms with Gasteiger partial charge in [-0.3, -0.25) is 14.8 Å². The van der Waals surface area contributed by atoms with Gasteiger partial charge in [0.05, 0.1) is 17.5 Å². The molecule has 142 valence electrons. The summed E-state index contributed by atoms with van der Waals surface area (Å²) in [5, 5.41) is 9.60. The maximum absolute atomic E-state index is 12.8. The van der Waals surface area contributed by atoms with Crippen LogP contribution in [0.4, 0.5) is 0 Å². The Morgan fingerprint density at radius 2 is 1.93 bits per heavy atom. The average molecular weight is 375 g/mol. The highest BCUT2D eigenvalue weighted by atomic mass is 16.5. The van der Waals surface area contributed by atoms with Crippen molar-refractivity contribution in [3.63, 3.8) is 0 Å². The van der Waals surface area contributed by atoms with E-state index in [1.54, 1.807) is 48.9 Å². The van der Waals surface area contributed by atoms with Gasteiger partial charge < -0.3 is 14.7 Å². The monoisotopic (exact) mass is 375 g/mol. The highest BCUT2D eigenvalue weighted by molar-refractivity contribution is 5.94. The third kappa shape index (κ3) is 4.11. The summed E-state index contributed by atoms with van der Waals surface area (Å²) in [5.74, 6) is 0.935. The van der Waals surface area contributed by atoms with Gasteiger partial charge in [-0.2, -0.15) is 0 Å². The van der Waals surface area contributed by atoms with E-state index in [0.29, 0.717) is 18.7 Å². The molecule has 3 aromatic rings. The summed E-state index contributed by atoms with van der Waals surface area (Å²) in [6.45, 7) is 1.30. The van der Waals surface area contributed by atoms with Crippen molar-refractivity contribution >= 4 is 5.91 Å². The molecule has 1 fully saturated rings. The lowest BCUT2D eigenvalue weighted by molar-refractivity contribution is 0.0594. The number of phenols is 1. The first-order valence-electron chi connectivity index (χ1n) is 9.30. The molecule has 0 spiro atoms. The minimum atomic E-state index is -0.0187. The van der Waals surface area contributed by atoms with E-state index >= 15 is 0 Å². The average Bonchev–Trinajstić information content (AvgIpc) is 2.75. The highest BCUT2D eigenvalue weighted by Crippen LogP contribution is 2.23. The molecule has 1 saturated heterocycles. The van der Waals surface area contributed by atoms with Crippen LogP contribution in [0.25, 0.3) is 11.3 Å². The molecule has 6 nitrogen and oxygen atoms in total. The number of carbonyl (C=O) groups is 1. The van der Waals surface area contributed by atoms with Crippen LogP contribution in [0.1, 0.15) is 23.2 Å². The van der Waals surface area contributed by atoms with E-state index in [1.807, 2.05) is 23.1 Å². The van der Waals surface area contributed by atoms with Crippen molar-refractivity contribution in [1.82, 2.24) is 14.9 Å². The van der Waals surface area contributed by atoms with E-state index in [4.69, 9.17) is 4.74 Å². The fraction of sp³-hybridized carbons (Fsp3) is 0.227. The number of aromatic hydroxyl groups is 1. The molecule has 0 saturated carbocycles. The summed E-state index contributed by atoms with van der Waals surface area (Å²) < 4.78 is 5.93. The number of amides is 1. The van der Waals surface area contributed by atoms with Gasteiger partial charge in [0.15, 0.2) is 0 Å². The molecule has 1 aromatic carbocycles. The van der Waals surface area contributed by atoms with Gasteiger partial charge in [0.2, 0.25) is 0 Å². The molecular formula is C22H21N3O3. The van der Waals surface area contributed by atoms with E-state index in [0.717, 1.165) is 29.8 Å². The zero-order valence-corrected chi connectivity index (χ0v) is 15.4. The Hall–Kier alpha value is -3.41. The van der Waals surface area contributed by atoms with Crippen molar-refractivity contribution in [2.75, 3.05) is 13.1 Å². The molecule has 6 heteroatoms. The van der Waals surface area contributed by atoms with Crippen LogP contribution in [0.5, 0.6) is 11.5 Å². The minimum Gasteiger partial charge on any atom is -0.508 e.